The van der Waals surface area contributed by atoms with Gasteiger partial charge in [-0.15, -0.1) is 0 Å². The third-order valence-corrected chi connectivity index (χ3v) is 6.38. The zero-order valence-corrected chi connectivity index (χ0v) is 16.5. The molecule has 2 bridgehead atoms. The van der Waals surface area contributed by atoms with E-state index in [2.05, 4.69) is 39.8 Å². The van der Waals surface area contributed by atoms with Crippen molar-refractivity contribution in [1.82, 2.24) is 15.5 Å². The summed E-state index contributed by atoms with van der Waals surface area (Å²) in [7, 11) is 0. The Bertz CT molecular complexity index is 727. The highest BCUT2D eigenvalue weighted by Crippen LogP contribution is 2.42. The van der Waals surface area contributed by atoms with Crippen molar-refractivity contribution in [3.63, 3.8) is 0 Å². The van der Waals surface area contributed by atoms with E-state index in [0.717, 1.165) is 13.1 Å². The molecule has 1 saturated carbocycles. The number of fused-ring (bicyclic) bond motifs is 2. The van der Waals surface area contributed by atoms with E-state index >= 15 is 0 Å². The van der Waals surface area contributed by atoms with Crippen molar-refractivity contribution in [3.05, 3.63) is 42.5 Å². The summed E-state index contributed by atoms with van der Waals surface area (Å²) < 4.78 is 0. The van der Waals surface area contributed by atoms with Crippen LogP contribution in [0.5, 0.6) is 0 Å². The summed E-state index contributed by atoms with van der Waals surface area (Å²) in [6.45, 7) is 5.39. The quantitative estimate of drug-likeness (QED) is 0.768. The second kappa shape index (κ2) is 8.25. The SMILES string of the molecule is C[C@H](NC(=O)N1CCN(c2ccccc2)CC1)C(=O)NC[C@@H]1C[C@@H]2C=C[C@H]1C2. The first-order valence-corrected chi connectivity index (χ1v) is 10.4. The van der Waals surface area contributed by atoms with Gasteiger partial charge in [0, 0.05) is 38.4 Å². The molecule has 4 atom stereocenters. The van der Waals surface area contributed by atoms with Crippen LogP contribution >= 0.6 is 0 Å². The molecular formula is C22H30N4O2. The Morgan fingerprint density at radius 2 is 1.82 bits per heavy atom. The van der Waals surface area contributed by atoms with Crippen LogP contribution in [0.4, 0.5) is 10.5 Å². The fourth-order valence-electron chi connectivity index (χ4n) is 4.66. The Labute approximate surface area is 167 Å². The Morgan fingerprint density at radius 1 is 1.07 bits per heavy atom. The highest BCUT2D eigenvalue weighted by molar-refractivity contribution is 5.86. The van der Waals surface area contributed by atoms with Crippen molar-refractivity contribution >= 4 is 17.6 Å². The summed E-state index contributed by atoms with van der Waals surface area (Å²) >= 11 is 0. The topological polar surface area (TPSA) is 64.7 Å². The molecule has 6 heteroatoms. The molecule has 3 amide bonds. The average Bonchev–Trinajstić information content (AvgIpc) is 3.36. The standard InChI is InChI=1S/C22H30N4O2/c1-16(21(27)23-15-19-14-17-7-8-18(19)13-17)24-22(28)26-11-9-25(10-12-26)20-5-3-2-4-6-20/h2-8,16-19H,9-15H2,1H3,(H,23,27)(H,24,28)/t16-,17+,18-,19-/m0/s1. The number of rotatable bonds is 5. The number of amides is 3. The first-order valence-electron chi connectivity index (χ1n) is 10.4. The van der Waals surface area contributed by atoms with Crippen LogP contribution in [0.3, 0.4) is 0 Å². The summed E-state index contributed by atoms with van der Waals surface area (Å²) in [5.41, 5.74) is 1.19. The van der Waals surface area contributed by atoms with E-state index in [9.17, 15) is 9.59 Å². The summed E-state index contributed by atoms with van der Waals surface area (Å²) in [5.74, 6) is 1.78. The zero-order valence-electron chi connectivity index (χ0n) is 16.5. The number of anilines is 1. The van der Waals surface area contributed by atoms with Gasteiger partial charge in [-0.05, 0) is 49.7 Å². The van der Waals surface area contributed by atoms with Crippen LogP contribution in [0.2, 0.25) is 0 Å². The fourth-order valence-corrected chi connectivity index (χ4v) is 4.66. The highest BCUT2D eigenvalue weighted by atomic mass is 16.2. The average molecular weight is 383 g/mol. The van der Waals surface area contributed by atoms with E-state index in [0.29, 0.717) is 37.4 Å². The van der Waals surface area contributed by atoms with Crippen LogP contribution in [-0.2, 0) is 4.79 Å². The first-order chi connectivity index (χ1) is 13.6. The highest BCUT2D eigenvalue weighted by Gasteiger charge is 2.35. The molecule has 6 nitrogen and oxygen atoms in total. The van der Waals surface area contributed by atoms with E-state index in [1.54, 1.807) is 11.8 Å². The minimum atomic E-state index is -0.520. The number of hydrogen-bond donors (Lipinski definition) is 2. The van der Waals surface area contributed by atoms with Crippen molar-refractivity contribution in [2.24, 2.45) is 17.8 Å². The molecule has 2 N–H and O–H groups in total. The monoisotopic (exact) mass is 382 g/mol. The van der Waals surface area contributed by atoms with Gasteiger partial charge in [-0.2, -0.15) is 0 Å². The number of benzene rings is 1. The molecule has 1 heterocycles. The molecule has 0 spiro atoms. The maximum atomic E-state index is 12.5. The number of urea groups is 1. The molecule has 1 aliphatic heterocycles. The molecule has 2 fully saturated rings. The van der Waals surface area contributed by atoms with E-state index in [4.69, 9.17) is 0 Å². The van der Waals surface area contributed by atoms with Gasteiger partial charge in [-0.1, -0.05) is 30.4 Å². The number of nitrogens with one attached hydrogen (secondary N) is 2. The van der Waals surface area contributed by atoms with Gasteiger partial charge in [-0.25, -0.2) is 4.79 Å². The lowest BCUT2D eigenvalue weighted by Crippen LogP contribution is -2.55. The summed E-state index contributed by atoms with van der Waals surface area (Å²) in [4.78, 5) is 29.0. The molecule has 28 heavy (non-hydrogen) atoms. The third-order valence-electron chi connectivity index (χ3n) is 6.38. The van der Waals surface area contributed by atoms with Gasteiger partial charge >= 0.3 is 6.03 Å². The minimum absolute atomic E-state index is 0.0944. The lowest BCUT2D eigenvalue weighted by Gasteiger charge is -2.36. The normalized spacial score (nSPS) is 27.0. The Morgan fingerprint density at radius 3 is 2.46 bits per heavy atom. The van der Waals surface area contributed by atoms with E-state index in [1.165, 1.54) is 18.5 Å². The van der Waals surface area contributed by atoms with E-state index in [1.807, 2.05) is 18.2 Å². The van der Waals surface area contributed by atoms with Crippen LogP contribution in [0.1, 0.15) is 19.8 Å². The summed E-state index contributed by atoms with van der Waals surface area (Å²) in [5, 5.41) is 5.89. The molecule has 1 aromatic rings. The molecule has 1 aromatic carbocycles. The second-order valence-electron chi connectivity index (χ2n) is 8.27. The predicted octanol–water partition coefficient (Wildman–Crippen LogP) is 2.24. The molecule has 2 aliphatic carbocycles. The smallest absolute Gasteiger partial charge is 0.318 e. The maximum absolute atomic E-state index is 12.5. The number of para-hydroxylation sites is 1. The van der Waals surface area contributed by atoms with Gasteiger partial charge < -0.3 is 20.4 Å². The van der Waals surface area contributed by atoms with E-state index < -0.39 is 6.04 Å². The number of hydrogen-bond acceptors (Lipinski definition) is 3. The molecule has 4 rings (SSSR count). The number of allylic oxidation sites excluding steroid dienone is 2. The lowest BCUT2D eigenvalue weighted by atomic mass is 9.93. The molecule has 0 unspecified atom stereocenters. The Hall–Kier alpha value is -2.50. The molecule has 0 aromatic heterocycles. The number of carbonyl (C=O) groups is 2. The molecule has 150 valence electrons. The van der Waals surface area contributed by atoms with E-state index in [-0.39, 0.29) is 11.9 Å². The molecular weight excluding hydrogens is 352 g/mol. The van der Waals surface area contributed by atoms with Crippen molar-refractivity contribution in [2.45, 2.75) is 25.8 Å². The van der Waals surface area contributed by atoms with Gasteiger partial charge in [0.2, 0.25) is 5.91 Å². The number of nitrogens with zero attached hydrogens (tertiary/aromatic N) is 2. The van der Waals surface area contributed by atoms with Crippen LogP contribution in [0.25, 0.3) is 0 Å². The number of carbonyl (C=O) groups excluding carboxylic acids is 2. The third kappa shape index (κ3) is 4.16. The van der Waals surface area contributed by atoms with Crippen molar-refractivity contribution in [1.29, 1.82) is 0 Å². The fraction of sp³-hybridized carbons (Fsp3) is 0.545. The summed E-state index contributed by atoms with van der Waals surface area (Å²) in [6.07, 6.45) is 7.02. The van der Waals surface area contributed by atoms with Gasteiger partial charge in [0.05, 0.1) is 0 Å². The lowest BCUT2D eigenvalue weighted by molar-refractivity contribution is -0.122. The van der Waals surface area contributed by atoms with Gasteiger partial charge in [0.1, 0.15) is 6.04 Å². The Balaban J connectivity index is 1.19. The Kier molecular flexibility index (Phi) is 5.55. The van der Waals surface area contributed by atoms with Crippen molar-refractivity contribution in [3.8, 4) is 0 Å². The molecule has 1 saturated heterocycles. The zero-order chi connectivity index (χ0) is 19.5. The van der Waals surface area contributed by atoms with Gasteiger partial charge in [0.15, 0.2) is 0 Å². The van der Waals surface area contributed by atoms with Crippen LogP contribution in [-0.4, -0.2) is 55.6 Å². The van der Waals surface area contributed by atoms with Crippen LogP contribution in [0, 0.1) is 17.8 Å². The van der Waals surface area contributed by atoms with Gasteiger partial charge in [-0.3, -0.25) is 4.79 Å². The van der Waals surface area contributed by atoms with Crippen molar-refractivity contribution < 1.29 is 9.59 Å². The molecule has 3 aliphatic rings. The van der Waals surface area contributed by atoms with Gasteiger partial charge in [0.25, 0.3) is 0 Å². The second-order valence-corrected chi connectivity index (χ2v) is 8.27. The minimum Gasteiger partial charge on any atom is -0.368 e. The predicted molar refractivity (Wildman–Crippen MR) is 110 cm³/mol. The maximum Gasteiger partial charge on any atom is 0.318 e. The summed E-state index contributed by atoms with van der Waals surface area (Å²) in [6, 6.07) is 9.58. The van der Waals surface area contributed by atoms with Crippen LogP contribution < -0.4 is 15.5 Å². The number of piperazine rings is 1. The largest absolute Gasteiger partial charge is 0.368 e. The molecule has 0 radical (unpaired) electrons. The van der Waals surface area contributed by atoms with Crippen molar-refractivity contribution in [2.75, 3.05) is 37.6 Å². The first kappa shape index (κ1) is 18.8. The van der Waals surface area contributed by atoms with Crippen LogP contribution in [0.15, 0.2) is 42.5 Å².